The van der Waals surface area contributed by atoms with E-state index in [9.17, 15) is 0 Å². The van der Waals surface area contributed by atoms with Crippen molar-refractivity contribution in [3.8, 4) is 0 Å². The Morgan fingerprint density at radius 3 is 2.36 bits per heavy atom. The highest BCUT2D eigenvalue weighted by atomic mass is 16.5. The quantitative estimate of drug-likeness (QED) is 0.346. The summed E-state index contributed by atoms with van der Waals surface area (Å²) in [5, 5.41) is 34.1. The largest absolute Gasteiger partial charge is 0.473 e. The smallest absolute Gasteiger partial charge is 0.213 e. The summed E-state index contributed by atoms with van der Waals surface area (Å²) in [6.07, 6.45) is -4.48. The van der Waals surface area contributed by atoms with Crippen LogP contribution in [0.2, 0.25) is 0 Å². The fourth-order valence-corrected chi connectivity index (χ4v) is 0.959. The molecule has 0 amide bonds. The van der Waals surface area contributed by atoms with Crippen LogP contribution >= 0.6 is 0 Å². The monoisotopic (exact) mass is 161 g/mol. The van der Waals surface area contributed by atoms with E-state index in [1.54, 1.807) is 0 Å². The summed E-state index contributed by atoms with van der Waals surface area (Å²) in [5.74, 6) is -0.393. The highest BCUT2D eigenvalue weighted by Gasteiger charge is 2.39. The predicted molar refractivity (Wildman–Crippen MR) is 36.3 cm³/mol. The molecule has 4 atom stereocenters. The average Bonchev–Trinajstić information content (AvgIpc) is 1.97. The lowest BCUT2D eigenvalue weighted by molar-refractivity contribution is -0.113. The number of aliphatic hydroxyl groups is 3. The zero-order chi connectivity index (χ0) is 8.59. The molecule has 11 heavy (non-hydrogen) atoms. The van der Waals surface area contributed by atoms with Crippen molar-refractivity contribution in [2.45, 2.75) is 31.3 Å². The molecule has 1 aliphatic rings. The summed E-state index contributed by atoms with van der Waals surface area (Å²) in [6, 6.07) is 0. The molecule has 5 heteroatoms. The minimum absolute atomic E-state index is 0.393. The molecule has 1 aliphatic heterocycles. The Morgan fingerprint density at radius 1 is 1.27 bits per heavy atom. The molecule has 0 saturated carbocycles. The third-order valence-corrected chi connectivity index (χ3v) is 1.74. The lowest BCUT2D eigenvalue weighted by Crippen LogP contribution is -2.54. The topological polar surface area (TPSA) is 93.8 Å². The summed E-state index contributed by atoms with van der Waals surface area (Å²) in [7, 11) is 0. The molecule has 0 aromatic heterocycles. The first-order chi connectivity index (χ1) is 5.04. The SMILES string of the molecule is C[C@H]1OC(=N)[C@H](O)[C@@H](O)[C@H]1O. The van der Waals surface area contributed by atoms with Gasteiger partial charge in [0.25, 0.3) is 0 Å². The van der Waals surface area contributed by atoms with Gasteiger partial charge in [0.1, 0.15) is 18.3 Å². The summed E-state index contributed by atoms with van der Waals surface area (Å²) in [4.78, 5) is 0. The molecule has 0 bridgehead atoms. The summed E-state index contributed by atoms with van der Waals surface area (Å²) < 4.78 is 4.70. The summed E-state index contributed by atoms with van der Waals surface area (Å²) in [5.41, 5.74) is 0. The fraction of sp³-hybridized carbons (Fsp3) is 0.833. The van der Waals surface area contributed by atoms with Crippen LogP contribution in [0.15, 0.2) is 0 Å². The van der Waals surface area contributed by atoms with Crippen LogP contribution in [0.4, 0.5) is 0 Å². The van der Waals surface area contributed by atoms with E-state index in [1.807, 2.05) is 0 Å². The van der Waals surface area contributed by atoms with Crippen LogP contribution in [0.3, 0.4) is 0 Å². The van der Waals surface area contributed by atoms with E-state index in [0.29, 0.717) is 0 Å². The maximum absolute atomic E-state index is 9.10. The molecule has 0 aromatic carbocycles. The molecular formula is C6H11NO4. The van der Waals surface area contributed by atoms with Crippen LogP contribution in [-0.4, -0.2) is 45.6 Å². The van der Waals surface area contributed by atoms with Gasteiger partial charge < -0.3 is 20.1 Å². The van der Waals surface area contributed by atoms with Gasteiger partial charge in [-0.1, -0.05) is 0 Å². The minimum Gasteiger partial charge on any atom is -0.473 e. The Kier molecular flexibility index (Phi) is 2.12. The Balaban J connectivity index is 2.70. The fourth-order valence-electron chi connectivity index (χ4n) is 0.959. The van der Waals surface area contributed by atoms with Gasteiger partial charge in [-0.2, -0.15) is 0 Å². The van der Waals surface area contributed by atoms with Gasteiger partial charge in [-0.15, -0.1) is 0 Å². The molecule has 0 aromatic rings. The molecule has 0 spiro atoms. The average molecular weight is 161 g/mol. The van der Waals surface area contributed by atoms with Crippen molar-refractivity contribution in [1.29, 1.82) is 5.41 Å². The predicted octanol–water partition coefficient (Wildman–Crippen LogP) is -1.53. The Hall–Kier alpha value is -0.650. The number of nitrogens with one attached hydrogen (secondary N) is 1. The van der Waals surface area contributed by atoms with E-state index < -0.39 is 30.3 Å². The third kappa shape index (κ3) is 1.35. The van der Waals surface area contributed by atoms with Gasteiger partial charge in [0, 0.05) is 0 Å². The van der Waals surface area contributed by atoms with E-state index >= 15 is 0 Å². The molecule has 0 radical (unpaired) electrons. The molecule has 1 fully saturated rings. The maximum atomic E-state index is 9.10. The second-order valence-electron chi connectivity index (χ2n) is 2.61. The van der Waals surface area contributed by atoms with Crippen molar-refractivity contribution in [2.24, 2.45) is 0 Å². The molecule has 64 valence electrons. The van der Waals surface area contributed by atoms with Gasteiger partial charge in [0.2, 0.25) is 5.90 Å². The molecule has 5 nitrogen and oxygen atoms in total. The number of aliphatic hydroxyl groups excluding tert-OH is 3. The van der Waals surface area contributed by atoms with Crippen LogP contribution in [0.1, 0.15) is 6.92 Å². The lowest BCUT2D eigenvalue weighted by atomic mass is 10.0. The van der Waals surface area contributed by atoms with Crippen LogP contribution in [-0.2, 0) is 4.74 Å². The standard InChI is InChI=1S/C6H11NO4/c1-2-3(8)4(9)5(10)6(7)11-2/h2-5,7-10H,1H3/t2-,3+,4+,5-/m1/s1. The molecule has 0 aliphatic carbocycles. The highest BCUT2D eigenvalue weighted by Crippen LogP contribution is 2.15. The van der Waals surface area contributed by atoms with E-state index in [2.05, 4.69) is 0 Å². The second kappa shape index (κ2) is 2.77. The van der Waals surface area contributed by atoms with Gasteiger partial charge >= 0.3 is 0 Å². The van der Waals surface area contributed by atoms with Crippen molar-refractivity contribution in [1.82, 2.24) is 0 Å². The van der Waals surface area contributed by atoms with Gasteiger partial charge in [-0.05, 0) is 6.92 Å². The van der Waals surface area contributed by atoms with Gasteiger partial charge in [0.15, 0.2) is 6.10 Å². The molecule has 4 N–H and O–H groups in total. The van der Waals surface area contributed by atoms with Crippen molar-refractivity contribution < 1.29 is 20.1 Å². The van der Waals surface area contributed by atoms with Gasteiger partial charge in [-0.3, -0.25) is 5.41 Å². The number of ether oxygens (including phenoxy) is 1. The maximum Gasteiger partial charge on any atom is 0.213 e. The molecule has 0 unspecified atom stereocenters. The van der Waals surface area contributed by atoms with Crippen LogP contribution < -0.4 is 0 Å². The van der Waals surface area contributed by atoms with E-state index in [4.69, 9.17) is 25.5 Å². The molecule has 1 rings (SSSR count). The van der Waals surface area contributed by atoms with Crippen LogP contribution in [0.5, 0.6) is 0 Å². The lowest BCUT2D eigenvalue weighted by Gasteiger charge is -2.33. The first-order valence-electron chi connectivity index (χ1n) is 3.33. The number of hydrogen-bond donors (Lipinski definition) is 4. The third-order valence-electron chi connectivity index (χ3n) is 1.74. The van der Waals surface area contributed by atoms with E-state index in [-0.39, 0.29) is 0 Å². The number of rotatable bonds is 0. The van der Waals surface area contributed by atoms with Gasteiger partial charge in [-0.25, -0.2) is 0 Å². The summed E-state index contributed by atoms with van der Waals surface area (Å²) in [6.45, 7) is 1.52. The van der Waals surface area contributed by atoms with Crippen molar-refractivity contribution in [3.63, 3.8) is 0 Å². The van der Waals surface area contributed by atoms with E-state index in [0.717, 1.165) is 0 Å². The van der Waals surface area contributed by atoms with Crippen molar-refractivity contribution >= 4 is 5.90 Å². The Morgan fingerprint density at radius 2 is 1.82 bits per heavy atom. The molecule has 1 saturated heterocycles. The Labute approximate surface area is 63.7 Å². The first-order valence-corrected chi connectivity index (χ1v) is 3.33. The zero-order valence-electron chi connectivity index (χ0n) is 6.06. The highest BCUT2D eigenvalue weighted by molar-refractivity contribution is 5.79. The summed E-state index contributed by atoms with van der Waals surface area (Å²) >= 11 is 0. The first kappa shape index (κ1) is 8.45. The second-order valence-corrected chi connectivity index (χ2v) is 2.61. The van der Waals surface area contributed by atoms with Crippen molar-refractivity contribution in [3.05, 3.63) is 0 Å². The molecule has 1 heterocycles. The number of hydrogen-bond acceptors (Lipinski definition) is 5. The Bertz CT molecular complexity index is 172. The van der Waals surface area contributed by atoms with Gasteiger partial charge in [0.05, 0.1) is 0 Å². The van der Waals surface area contributed by atoms with E-state index in [1.165, 1.54) is 6.92 Å². The minimum atomic E-state index is -1.40. The zero-order valence-corrected chi connectivity index (χ0v) is 6.06. The van der Waals surface area contributed by atoms with Crippen LogP contribution in [0.25, 0.3) is 0 Å². The normalized spacial score (nSPS) is 45.3. The van der Waals surface area contributed by atoms with Crippen molar-refractivity contribution in [2.75, 3.05) is 0 Å². The molecular weight excluding hydrogens is 150 g/mol. The van der Waals surface area contributed by atoms with Crippen LogP contribution in [0, 0.1) is 5.41 Å².